The highest BCUT2D eigenvalue weighted by molar-refractivity contribution is 5.86. The van der Waals surface area contributed by atoms with Gasteiger partial charge < -0.3 is 15.4 Å². The van der Waals surface area contributed by atoms with Crippen LogP contribution in [-0.2, 0) is 14.9 Å². The molecule has 2 atom stereocenters. The van der Waals surface area contributed by atoms with Crippen molar-refractivity contribution in [3.63, 3.8) is 0 Å². The van der Waals surface area contributed by atoms with Gasteiger partial charge in [-0.3, -0.25) is 14.7 Å². The van der Waals surface area contributed by atoms with Crippen molar-refractivity contribution in [2.45, 2.75) is 70.4 Å². The number of hydrogen-bond donors (Lipinski definition) is 1. The third-order valence-corrected chi connectivity index (χ3v) is 6.99. The summed E-state index contributed by atoms with van der Waals surface area (Å²) in [5.74, 6) is -0.382. The fourth-order valence-electron chi connectivity index (χ4n) is 5.64. The minimum Gasteiger partial charge on any atom is -0.375 e. The van der Waals surface area contributed by atoms with Gasteiger partial charge in [-0.2, -0.15) is 0 Å². The first-order valence-electron chi connectivity index (χ1n) is 11.5. The van der Waals surface area contributed by atoms with Crippen LogP contribution in [0.15, 0.2) is 18.3 Å². The maximum Gasteiger partial charge on any atom is 0.229 e. The van der Waals surface area contributed by atoms with E-state index in [4.69, 9.17) is 10.5 Å². The summed E-state index contributed by atoms with van der Waals surface area (Å²) < 4.78 is 20.8. The molecule has 1 aromatic heterocycles. The molecule has 2 fully saturated rings. The van der Waals surface area contributed by atoms with Crippen molar-refractivity contribution in [3.05, 3.63) is 29.8 Å². The standard InChI is InChI=1S/C24H39FN4O2/c1-18(2)15-28-10-12-29(13-11-28)24(8-14-31-22(3,4)16-24)17-23(5,21(26)30)20-19(25)7-6-9-27-20/h6-7,9,18H,8,10-17H2,1-5H3,(H2,26,30). The molecule has 0 spiro atoms. The second kappa shape index (κ2) is 9.12. The summed E-state index contributed by atoms with van der Waals surface area (Å²) in [5, 5.41) is 0. The average Bonchev–Trinajstić information content (AvgIpc) is 2.67. The van der Waals surface area contributed by atoms with Gasteiger partial charge in [0.05, 0.1) is 16.7 Å². The highest BCUT2D eigenvalue weighted by Crippen LogP contribution is 2.45. The first kappa shape index (κ1) is 24.1. The Balaban J connectivity index is 1.94. The lowest BCUT2D eigenvalue weighted by Gasteiger charge is -2.55. The van der Waals surface area contributed by atoms with E-state index in [1.165, 1.54) is 12.3 Å². The second-order valence-corrected chi connectivity index (χ2v) is 10.6. The fourth-order valence-corrected chi connectivity index (χ4v) is 5.64. The van der Waals surface area contributed by atoms with Gasteiger partial charge in [0, 0.05) is 51.1 Å². The van der Waals surface area contributed by atoms with Crippen molar-refractivity contribution in [2.24, 2.45) is 11.7 Å². The Morgan fingerprint density at radius 2 is 2.00 bits per heavy atom. The summed E-state index contributed by atoms with van der Waals surface area (Å²) in [7, 11) is 0. The van der Waals surface area contributed by atoms with Crippen LogP contribution in [0.25, 0.3) is 0 Å². The molecule has 174 valence electrons. The summed E-state index contributed by atoms with van der Waals surface area (Å²) in [6.07, 6.45) is 3.52. The van der Waals surface area contributed by atoms with Crippen LogP contribution >= 0.6 is 0 Å². The highest BCUT2D eigenvalue weighted by Gasteiger charge is 2.52. The van der Waals surface area contributed by atoms with E-state index in [1.807, 2.05) is 0 Å². The Morgan fingerprint density at radius 3 is 2.55 bits per heavy atom. The van der Waals surface area contributed by atoms with Gasteiger partial charge in [-0.15, -0.1) is 0 Å². The van der Waals surface area contributed by atoms with Gasteiger partial charge in [0.1, 0.15) is 5.82 Å². The molecule has 0 radical (unpaired) electrons. The molecule has 3 rings (SSSR count). The predicted molar refractivity (Wildman–Crippen MR) is 120 cm³/mol. The number of nitrogens with two attached hydrogens (primary N) is 1. The number of hydrogen-bond acceptors (Lipinski definition) is 5. The van der Waals surface area contributed by atoms with E-state index in [-0.39, 0.29) is 16.8 Å². The number of rotatable bonds is 7. The van der Waals surface area contributed by atoms with Crippen molar-refractivity contribution in [2.75, 3.05) is 39.3 Å². The van der Waals surface area contributed by atoms with Crippen LogP contribution < -0.4 is 5.73 Å². The van der Waals surface area contributed by atoms with Crippen molar-refractivity contribution in [3.8, 4) is 0 Å². The molecule has 1 aromatic rings. The Morgan fingerprint density at radius 1 is 1.32 bits per heavy atom. The number of primary amides is 1. The first-order valence-corrected chi connectivity index (χ1v) is 11.5. The number of aromatic nitrogens is 1. The Hall–Kier alpha value is -1.57. The van der Waals surface area contributed by atoms with Crippen molar-refractivity contribution in [1.29, 1.82) is 0 Å². The highest BCUT2D eigenvalue weighted by atomic mass is 19.1. The van der Waals surface area contributed by atoms with E-state index in [9.17, 15) is 9.18 Å². The molecule has 2 aliphatic rings. The number of carbonyl (C=O) groups is 1. The third kappa shape index (κ3) is 5.26. The molecule has 2 unspecified atom stereocenters. The Labute approximate surface area is 186 Å². The molecule has 7 heteroatoms. The molecule has 1 amide bonds. The van der Waals surface area contributed by atoms with Crippen LogP contribution in [0.3, 0.4) is 0 Å². The number of ether oxygens (including phenoxy) is 1. The Bertz CT molecular complexity index is 779. The monoisotopic (exact) mass is 434 g/mol. The molecular weight excluding hydrogens is 395 g/mol. The zero-order valence-electron chi connectivity index (χ0n) is 19.8. The normalized spacial score (nSPS) is 27.2. The second-order valence-electron chi connectivity index (χ2n) is 10.6. The minimum absolute atomic E-state index is 0.143. The molecule has 2 saturated heterocycles. The average molecular weight is 435 g/mol. The van der Waals surface area contributed by atoms with Gasteiger partial charge in [-0.25, -0.2) is 4.39 Å². The first-order chi connectivity index (χ1) is 14.5. The van der Waals surface area contributed by atoms with Crippen LogP contribution in [-0.4, -0.2) is 71.2 Å². The number of carbonyl (C=O) groups excluding carboxylic acids is 1. The molecule has 2 N–H and O–H groups in total. The summed E-state index contributed by atoms with van der Waals surface area (Å²) >= 11 is 0. The lowest BCUT2D eigenvalue weighted by Crippen LogP contribution is -2.64. The maximum absolute atomic E-state index is 14.8. The van der Waals surface area contributed by atoms with E-state index < -0.39 is 17.1 Å². The van der Waals surface area contributed by atoms with Gasteiger partial charge in [-0.05, 0) is 58.1 Å². The Kier molecular flexibility index (Phi) is 7.08. The summed E-state index contributed by atoms with van der Waals surface area (Å²) in [6, 6.07) is 2.90. The zero-order chi connectivity index (χ0) is 22.9. The van der Waals surface area contributed by atoms with Gasteiger partial charge in [0.15, 0.2) is 0 Å². The molecule has 0 saturated carbocycles. The molecule has 31 heavy (non-hydrogen) atoms. The predicted octanol–water partition coefficient (Wildman–Crippen LogP) is 2.96. The van der Waals surface area contributed by atoms with Crippen LogP contribution in [0.4, 0.5) is 4.39 Å². The van der Waals surface area contributed by atoms with Gasteiger partial charge in [0.2, 0.25) is 5.91 Å². The maximum atomic E-state index is 14.8. The summed E-state index contributed by atoms with van der Waals surface area (Å²) in [5.41, 5.74) is 4.23. The van der Waals surface area contributed by atoms with Crippen LogP contribution in [0.5, 0.6) is 0 Å². The van der Waals surface area contributed by atoms with Gasteiger partial charge in [-0.1, -0.05) is 13.8 Å². The van der Waals surface area contributed by atoms with Crippen LogP contribution in [0.1, 0.15) is 59.6 Å². The van der Waals surface area contributed by atoms with E-state index in [1.54, 1.807) is 13.0 Å². The van der Waals surface area contributed by atoms with Gasteiger partial charge in [0.25, 0.3) is 0 Å². The fraction of sp³-hybridized carbons (Fsp3) is 0.750. The number of amides is 1. The zero-order valence-corrected chi connectivity index (χ0v) is 19.8. The smallest absolute Gasteiger partial charge is 0.229 e. The van der Waals surface area contributed by atoms with Crippen molar-refractivity contribution in [1.82, 2.24) is 14.8 Å². The van der Waals surface area contributed by atoms with Crippen LogP contribution in [0.2, 0.25) is 0 Å². The molecule has 0 aromatic carbocycles. The quantitative estimate of drug-likeness (QED) is 0.714. The lowest BCUT2D eigenvalue weighted by molar-refractivity contribution is -0.143. The van der Waals surface area contributed by atoms with Crippen molar-refractivity contribution >= 4 is 5.91 Å². The van der Waals surface area contributed by atoms with E-state index in [2.05, 4.69) is 42.5 Å². The third-order valence-electron chi connectivity index (χ3n) is 6.99. The number of nitrogens with zero attached hydrogens (tertiary/aromatic N) is 3. The lowest BCUT2D eigenvalue weighted by atomic mass is 9.67. The summed E-state index contributed by atoms with van der Waals surface area (Å²) in [4.78, 5) is 22.0. The minimum atomic E-state index is -1.20. The molecule has 6 nitrogen and oxygen atoms in total. The number of halogens is 1. The number of piperazine rings is 1. The molecular formula is C24H39FN4O2. The molecule has 0 aliphatic carbocycles. The topological polar surface area (TPSA) is 71.7 Å². The van der Waals surface area contributed by atoms with Gasteiger partial charge >= 0.3 is 0 Å². The van der Waals surface area contributed by atoms with Crippen molar-refractivity contribution < 1.29 is 13.9 Å². The van der Waals surface area contributed by atoms with E-state index in [0.717, 1.165) is 45.6 Å². The molecule has 2 aliphatic heterocycles. The summed E-state index contributed by atoms with van der Waals surface area (Å²) in [6.45, 7) is 16.0. The molecule has 3 heterocycles. The largest absolute Gasteiger partial charge is 0.375 e. The van der Waals surface area contributed by atoms with Crippen LogP contribution in [0, 0.1) is 11.7 Å². The SMILES string of the molecule is CC(C)CN1CCN(C2(CC(C)(C(N)=O)c3ncccc3F)CCOC(C)(C)C2)CC1. The number of pyridine rings is 1. The van der Waals surface area contributed by atoms with E-state index in [0.29, 0.717) is 18.9 Å². The molecule has 0 bridgehead atoms. The van der Waals surface area contributed by atoms with E-state index >= 15 is 0 Å².